The maximum atomic E-state index is 13.3. The quantitative estimate of drug-likeness (QED) is 0.717. The maximum Gasteiger partial charge on any atom is 0.254 e. The molecule has 150 valence electrons. The van der Waals surface area contributed by atoms with Crippen molar-refractivity contribution in [3.8, 4) is 0 Å². The molecule has 0 aliphatic carbocycles. The zero-order valence-corrected chi connectivity index (χ0v) is 16.9. The van der Waals surface area contributed by atoms with Gasteiger partial charge in [0.05, 0.1) is 12.6 Å². The minimum absolute atomic E-state index is 0.0194. The summed E-state index contributed by atoms with van der Waals surface area (Å²) in [5, 5.41) is 0.963. The molecule has 1 aromatic heterocycles. The Morgan fingerprint density at radius 3 is 2.72 bits per heavy atom. The number of benzene rings is 2. The van der Waals surface area contributed by atoms with Gasteiger partial charge in [-0.2, -0.15) is 0 Å². The molecule has 29 heavy (non-hydrogen) atoms. The molecule has 0 bridgehead atoms. The van der Waals surface area contributed by atoms with Gasteiger partial charge in [-0.1, -0.05) is 29.8 Å². The predicted octanol–water partition coefficient (Wildman–Crippen LogP) is 3.97. The average Bonchev–Trinajstić information content (AvgIpc) is 3.20. The smallest absolute Gasteiger partial charge is 0.254 e. The standard InChI is InChI=1S/C24H26N2O3/c1-16-5-3-6-19(11-16)24(28)26(15-21-7-4-10-29-21)14-20-13-18-9-8-17(2)12-22(18)25-23(20)27/h3,5-6,8-9,11-13,21H,4,7,10,14-15H2,1-2H3,(H,25,27)/t21-/m1/s1. The number of ether oxygens (including phenoxy) is 1. The van der Waals surface area contributed by atoms with Crippen LogP contribution in [0.1, 0.15) is 39.9 Å². The predicted molar refractivity (Wildman–Crippen MR) is 114 cm³/mol. The van der Waals surface area contributed by atoms with Gasteiger partial charge in [0.2, 0.25) is 0 Å². The van der Waals surface area contributed by atoms with Crippen molar-refractivity contribution in [2.24, 2.45) is 0 Å². The Morgan fingerprint density at radius 1 is 1.14 bits per heavy atom. The summed E-state index contributed by atoms with van der Waals surface area (Å²) in [7, 11) is 0. The summed E-state index contributed by atoms with van der Waals surface area (Å²) in [4.78, 5) is 30.7. The van der Waals surface area contributed by atoms with Crippen molar-refractivity contribution in [3.05, 3.63) is 81.1 Å². The molecule has 1 N–H and O–H groups in total. The molecule has 1 aliphatic heterocycles. The number of amides is 1. The number of rotatable bonds is 5. The molecule has 1 saturated heterocycles. The lowest BCUT2D eigenvalue weighted by molar-refractivity contribution is 0.0506. The number of pyridine rings is 1. The molecule has 3 aromatic rings. The second-order valence-electron chi connectivity index (χ2n) is 7.90. The molecule has 0 saturated carbocycles. The highest BCUT2D eigenvalue weighted by molar-refractivity contribution is 5.94. The zero-order valence-electron chi connectivity index (χ0n) is 16.9. The Hall–Kier alpha value is -2.92. The Morgan fingerprint density at radius 2 is 1.97 bits per heavy atom. The van der Waals surface area contributed by atoms with Gasteiger partial charge in [0.25, 0.3) is 11.5 Å². The fourth-order valence-electron chi connectivity index (χ4n) is 3.90. The molecule has 5 nitrogen and oxygen atoms in total. The molecule has 0 spiro atoms. The molecule has 2 aromatic carbocycles. The van der Waals surface area contributed by atoms with Crippen LogP contribution in [0.4, 0.5) is 0 Å². The highest BCUT2D eigenvalue weighted by atomic mass is 16.5. The summed E-state index contributed by atoms with van der Waals surface area (Å²) in [5.41, 5.74) is 4.01. The van der Waals surface area contributed by atoms with Crippen LogP contribution in [0.25, 0.3) is 10.9 Å². The summed E-state index contributed by atoms with van der Waals surface area (Å²) in [6, 6.07) is 15.4. The van der Waals surface area contributed by atoms with Crippen LogP contribution in [0.2, 0.25) is 0 Å². The minimum atomic E-state index is -0.155. The molecule has 1 atom stereocenters. The number of nitrogens with zero attached hydrogens (tertiary/aromatic N) is 1. The highest BCUT2D eigenvalue weighted by Gasteiger charge is 2.24. The number of aromatic amines is 1. The lowest BCUT2D eigenvalue weighted by Gasteiger charge is -2.25. The van der Waals surface area contributed by atoms with Crippen LogP contribution in [-0.2, 0) is 11.3 Å². The summed E-state index contributed by atoms with van der Waals surface area (Å²) < 4.78 is 5.76. The number of aryl methyl sites for hydroxylation is 2. The summed E-state index contributed by atoms with van der Waals surface area (Å²) >= 11 is 0. The first kappa shape index (κ1) is 19.4. The number of carbonyl (C=O) groups excluding carboxylic acids is 1. The molecular weight excluding hydrogens is 364 g/mol. The molecule has 4 rings (SSSR count). The van der Waals surface area contributed by atoms with Crippen LogP contribution in [0.15, 0.2) is 53.3 Å². The van der Waals surface area contributed by atoms with Gasteiger partial charge in [-0.3, -0.25) is 9.59 Å². The van der Waals surface area contributed by atoms with Gasteiger partial charge in [0.1, 0.15) is 0 Å². The second-order valence-corrected chi connectivity index (χ2v) is 7.90. The summed E-state index contributed by atoms with van der Waals surface area (Å²) in [6.45, 7) is 5.43. The SMILES string of the molecule is Cc1cccc(C(=O)N(Cc2cc3ccc(C)cc3[nH]c2=O)C[C@H]2CCCO2)c1. The molecular formula is C24H26N2O3. The van der Waals surface area contributed by atoms with E-state index in [0.29, 0.717) is 17.7 Å². The third kappa shape index (κ3) is 4.40. The van der Waals surface area contributed by atoms with E-state index in [2.05, 4.69) is 4.98 Å². The van der Waals surface area contributed by atoms with Gasteiger partial charge in [-0.15, -0.1) is 0 Å². The lowest BCUT2D eigenvalue weighted by atomic mass is 10.1. The molecule has 0 unspecified atom stereocenters. The number of hydrogen-bond donors (Lipinski definition) is 1. The van der Waals surface area contributed by atoms with Crippen LogP contribution in [0, 0.1) is 13.8 Å². The van der Waals surface area contributed by atoms with E-state index in [9.17, 15) is 9.59 Å². The molecule has 2 heterocycles. The van der Waals surface area contributed by atoms with Crippen molar-refractivity contribution in [3.63, 3.8) is 0 Å². The van der Waals surface area contributed by atoms with Gasteiger partial charge in [-0.25, -0.2) is 0 Å². The van der Waals surface area contributed by atoms with Gasteiger partial charge in [0.15, 0.2) is 0 Å². The number of nitrogens with one attached hydrogen (secondary N) is 1. The van der Waals surface area contributed by atoms with Crippen LogP contribution < -0.4 is 5.56 Å². The van der Waals surface area contributed by atoms with Crippen LogP contribution in [0.3, 0.4) is 0 Å². The maximum absolute atomic E-state index is 13.3. The van der Waals surface area contributed by atoms with Crippen molar-refractivity contribution in [1.29, 1.82) is 0 Å². The molecule has 1 aliphatic rings. The van der Waals surface area contributed by atoms with E-state index in [1.165, 1.54) is 0 Å². The van der Waals surface area contributed by atoms with Gasteiger partial charge in [0, 0.05) is 29.8 Å². The number of hydrogen-bond acceptors (Lipinski definition) is 3. The summed E-state index contributed by atoms with van der Waals surface area (Å²) in [6.07, 6.45) is 1.96. The molecule has 0 radical (unpaired) electrons. The minimum Gasteiger partial charge on any atom is -0.376 e. The van der Waals surface area contributed by atoms with Gasteiger partial charge < -0.3 is 14.6 Å². The second kappa shape index (κ2) is 8.21. The van der Waals surface area contributed by atoms with Crippen molar-refractivity contribution in [1.82, 2.24) is 9.88 Å². The molecule has 1 amide bonds. The highest BCUT2D eigenvalue weighted by Crippen LogP contribution is 2.19. The molecule has 5 heteroatoms. The van der Waals surface area contributed by atoms with E-state index in [4.69, 9.17) is 4.74 Å². The first-order valence-electron chi connectivity index (χ1n) is 10.1. The van der Waals surface area contributed by atoms with Crippen molar-refractivity contribution >= 4 is 16.8 Å². The van der Waals surface area contributed by atoms with Gasteiger partial charge >= 0.3 is 0 Å². The van der Waals surface area contributed by atoms with E-state index < -0.39 is 0 Å². The van der Waals surface area contributed by atoms with Crippen molar-refractivity contribution in [2.75, 3.05) is 13.2 Å². The monoisotopic (exact) mass is 390 g/mol. The first-order valence-corrected chi connectivity index (χ1v) is 10.1. The zero-order chi connectivity index (χ0) is 20.4. The summed E-state index contributed by atoms with van der Waals surface area (Å²) in [5.74, 6) is -0.0763. The Balaban J connectivity index is 1.66. The average molecular weight is 390 g/mol. The van der Waals surface area contributed by atoms with E-state index in [-0.39, 0.29) is 24.1 Å². The number of fused-ring (bicyclic) bond motifs is 1. The van der Waals surface area contributed by atoms with E-state index in [1.807, 2.05) is 62.4 Å². The van der Waals surface area contributed by atoms with Crippen LogP contribution in [0.5, 0.6) is 0 Å². The normalized spacial score (nSPS) is 16.3. The van der Waals surface area contributed by atoms with Crippen LogP contribution in [-0.4, -0.2) is 35.0 Å². The van der Waals surface area contributed by atoms with Crippen LogP contribution >= 0.6 is 0 Å². The van der Waals surface area contributed by atoms with E-state index in [0.717, 1.165) is 41.5 Å². The third-order valence-corrected chi connectivity index (χ3v) is 5.44. The Labute approximate surface area is 170 Å². The largest absolute Gasteiger partial charge is 0.376 e. The Kier molecular flexibility index (Phi) is 5.49. The number of aromatic nitrogens is 1. The Bertz CT molecular complexity index is 1100. The topological polar surface area (TPSA) is 62.4 Å². The van der Waals surface area contributed by atoms with Gasteiger partial charge in [-0.05, 0) is 61.9 Å². The van der Waals surface area contributed by atoms with Crippen molar-refractivity contribution < 1.29 is 9.53 Å². The van der Waals surface area contributed by atoms with E-state index >= 15 is 0 Å². The number of H-pyrrole nitrogens is 1. The molecule has 1 fully saturated rings. The number of carbonyl (C=O) groups is 1. The fraction of sp³-hybridized carbons (Fsp3) is 0.333. The third-order valence-electron chi connectivity index (χ3n) is 5.44. The lowest BCUT2D eigenvalue weighted by Crippen LogP contribution is -2.38. The first-order chi connectivity index (χ1) is 14.0. The van der Waals surface area contributed by atoms with E-state index in [1.54, 1.807) is 4.90 Å². The van der Waals surface area contributed by atoms with Crippen molar-refractivity contribution in [2.45, 2.75) is 39.3 Å². The fourth-order valence-corrected chi connectivity index (χ4v) is 3.90.